The number of benzene rings is 3. The molecule has 0 radical (unpaired) electrons. The van der Waals surface area contributed by atoms with Crippen LogP contribution >= 0.6 is 0 Å². The molecule has 1 fully saturated rings. The average Bonchev–Trinajstić information content (AvgIpc) is 3.30. The molecule has 1 aliphatic heterocycles. The Labute approximate surface area is 213 Å². The fraction of sp³-hybridized carbons (Fsp3) is 0.241. The summed E-state index contributed by atoms with van der Waals surface area (Å²) >= 11 is 0. The highest BCUT2D eigenvalue weighted by Gasteiger charge is 2.42. The normalized spacial score (nSPS) is 19.6. The highest BCUT2D eigenvalue weighted by atomic mass is 16.6. The number of aliphatic hydroxyl groups is 1. The van der Waals surface area contributed by atoms with Gasteiger partial charge in [0.25, 0.3) is 5.56 Å². The van der Waals surface area contributed by atoms with Gasteiger partial charge in [-0.3, -0.25) is 14.3 Å². The first-order valence-corrected chi connectivity index (χ1v) is 12.1. The van der Waals surface area contributed by atoms with Crippen molar-refractivity contribution in [2.75, 3.05) is 13.7 Å². The van der Waals surface area contributed by atoms with Crippen LogP contribution in [-0.2, 0) is 15.1 Å². The molecular formula is C29H28N2O6. The minimum Gasteiger partial charge on any atom is -0.497 e. The second kappa shape index (κ2) is 10.6. The van der Waals surface area contributed by atoms with E-state index in [2.05, 4.69) is 4.98 Å². The molecule has 5 rings (SSSR count). The van der Waals surface area contributed by atoms with Crippen molar-refractivity contribution < 1.29 is 19.3 Å². The van der Waals surface area contributed by atoms with Gasteiger partial charge in [-0.15, -0.1) is 0 Å². The van der Waals surface area contributed by atoms with Crippen LogP contribution in [-0.4, -0.2) is 40.6 Å². The van der Waals surface area contributed by atoms with Crippen molar-refractivity contribution in [2.24, 2.45) is 0 Å². The van der Waals surface area contributed by atoms with Crippen molar-refractivity contribution in [3.05, 3.63) is 135 Å². The summed E-state index contributed by atoms with van der Waals surface area (Å²) in [6, 6.07) is 28.7. The third-order valence-electron chi connectivity index (χ3n) is 6.69. The van der Waals surface area contributed by atoms with Crippen LogP contribution in [0.2, 0.25) is 0 Å². The number of hydrogen-bond acceptors (Lipinski definition) is 6. The minimum atomic E-state index is -1.01. The maximum Gasteiger partial charge on any atom is 0.330 e. The molecule has 1 aliphatic rings. The van der Waals surface area contributed by atoms with Crippen LogP contribution in [0.4, 0.5) is 0 Å². The monoisotopic (exact) mass is 500 g/mol. The fourth-order valence-corrected chi connectivity index (χ4v) is 4.82. The molecule has 4 aromatic rings. The molecule has 0 saturated carbocycles. The lowest BCUT2D eigenvalue weighted by Crippen LogP contribution is -2.38. The van der Waals surface area contributed by atoms with E-state index >= 15 is 0 Å². The van der Waals surface area contributed by atoms with Gasteiger partial charge in [-0.2, -0.15) is 0 Å². The summed E-state index contributed by atoms with van der Waals surface area (Å²) < 4.78 is 19.5. The molecule has 0 aliphatic carbocycles. The number of nitrogens with zero attached hydrogens (tertiary/aromatic N) is 1. The van der Waals surface area contributed by atoms with Crippen molar-refractivity contribution in [3.63, 3.8) is 0 Å². The second-order valence-corrected chi connectivity index (χ2v) is 8.90. The zero-order chi connectivity index (χ0) is 25.8. The van der Waals surface area contributed by atoms with Gasteiger partial charge in [-0.1, -0.05) is 72.8 Å². The number of hydrogen-bond donors (Lipinski definition) is 2. The third kappa shape index (κ3) is 4.86. The van der Waals surface area contributed by atoms with Crippen LogP contribution in [0.25, 0.3) is 0 Å². The van der Waals surface area contributed by atoms with Gasteiger partial charge in [0.2, 0.25) is 0 Å². The summed E-state index contributed by atoms with van der Waals surface area (Å²) in [7, 11) is 1.62. The molecule has 0 bridgehead atoms. The zero-order valence-corrected chi connectivity index (χ0v) is 20.3. The minimum absolute atomic E-state index is 0.0472. The topological polar surface area (TPSA) is 103 Å². The first-order chi connectivity index (χ1) is 18.0. The highest BCUT2D eigenvalue weighted by Crippen LogP contribution is 2.42. The van der Waals surface area contributed by atoms with E-state index < -0.39 is 35.3 Å². The Morgan fingerprint density at radius 3 is 2.08 bits per heavy atom. The molecule has 0 spiro atoms. The molecule has 3 aromatic carbocycles. The Kier molecular flexibility index (Phi) is 7.05. The molecule has 8 heteroatoms. The van der Waals surface area contributed by atoms with E-state index in [-0.39, 0.29) is 13.0 Å². The molecule has 1 unspecified atom stereocenters. The molecule has 190 valence electrons. The molecule has 2 N–H and O–H groups in total. The van der Waals surface area contributed by atoms with Crippen LogP contribution in [0, 0.1) is 0 Å². The number of H-pyrrole nitrogens is 1. The van der Waals surface area contributed by atoms with E-state index in [1.165, 1.54) is 16.8 Å². The van der Waals surface area contributed by atoms with Gasteiger partial charge >= 0.3 is 5.69 Å². The summed E-state index contributed by atoms with van der Waals surface area (Å²) in [5.74, 6) is 0.725. The van der Waals surface area contributed by atoms with Crippen molar-refractivity contribution in [1.29, 1.82) is 0 Å². The van der Waals surface area contributed by atoms with Gasteiger partial charge in [0.15, 0.2) is 0 Å². The van der Waals surface area contributed by atoms with Crippen molar-refractivity contribution in [3.8, 4) is 5.75 Å². The highest BCUT2D eigenvalue weighted by molar-refractivity contribution is 5.48. The molecular weight excluding hydrogens is 472 g/mol. The summed E-state index contributed by atoms with van der Waals surface area (Å²) in [6.45, 7) is 0.0472. The standard InChI is InChI=1S/C29H28N2O6/c1-35-23-14-12-22(13-15-23)29(20-8-4-2-5-9-20,21-10-6-3-7-11-21)36-19-25-24(32)18-27(37-25)31-17-16-26(33)30-28(31)34/h2-17,24-25,27,32H,18-19H2,1H3,(H,30,33,34)/t24?,25-,27-/m1/s1. The Bertz CT molecular complexity index is 1390. The van der Waals surface area contributed by atoms with E-state index in [4.69, 9.17) is 14.2 Å². The number of aromatic nitrogens is 2. The van der Waals surface area contributed by atoms with Crippen LogP contribution < -0.4 is 16.0 Å². The number of methoxy groups -OCH3 is 1. The van der Waals surface area contributed by atoms with Crippen LogP contribution in [0.1, 0.15) is 29.3 Å². The van der Waals surface area contributed by atoms with E-state index in [0.29, 0.717) is 0 Å². The van der Waals surface area contributed by atoms with Gasteiger partial charge in [0.1, 0.15) is 23.7 Å². The van der Waals surface area contributed by atoms with Gasteiger partial charge in [-0.05, 0) is 28.8 Å². The lowest BCUT2D eigenvalue weighted by molar-refractivity contribution is -0.0944. The third-order valence-corrected chi connectivity index (χ3v) is 6.69. The van der Waals surface area contributed by atoms with Crippen LogP contribution in [0.3, 0.4) is 0 Å². The average molecular weight is 501 g/mol. The summed E-state index contributed by atoms with van der Waals surface area (Å²) in [5, 5.41) is 10.8. The summed E-state index contributed by atoms with van der Waals surface area (Å²) in [4.78, 5) is 25.9. The Morgan fingerprint density at radius 2 is 1.51 bits per heavy atom. The number of ether oxygens (including phenoxy) is 3. The second-order valence-electron chi connectivity index (χ2n) is 8.90. The first kappa shape index (κ1) is 24.7. The number of aliphatic hydroxyl groups excluding tert-OH is 1. The van der Waals surface area contributed by atoms with Gasteiger partial charge in [0.05, 0.1) is 19.8 Å². The quantitative estimate of drug-likeness (QED) is 0.360. The van der Waals surface area contributed by atoms with Crippen molar-refractivity contribution >= 4 is 0 Å². The molecule has 1 saturated heterocycles. The summed E-state index contributed by atoms with van der Waals surface area (Å²) in [5.41, 5.74) is 0.610. The van der Waals surface area contributed by atoms with E-state index in [1.807, 2.05) is 84.9 Å². The molecule has 8 nitrogen and oxygen atoms in total. The SMILES string of the molecule is COc1ccc(C(OC[C@H]2O[C@@H](n3ccc(=O)[nH]c3=O)CC2O)(c2ccccc2)c2ccccc2)cc1. The Balaban J connectivity index is 1.52. The molecule has 1 aromatic heterocycles. The Hall–Kier alpha value is -3.98. The molecule has 3 atom stereocenters. The smallest absolute Gasteiger partial charge is 0.330 e. The zero-order valence-electron chi connectivity index (χ0n) is 20.3. The summed E-state index contributed by atoms with van der Waals surface area (Å²) in [6.07, 6.45) is -0.738. The first-order valence-electron chi connectivity index (χ1n) is 12.1. The lowest BCUT2D eigenvalue weighted by atomic mass is 9.80. The maximum absolute atomic E-state index is 12.3. The number of rotatable bonds is 8. The lowest BCUT2D eigenvalue weighted by Gasteiger charge is -2.37. The molecule has 0 amide bonds. The van der Waals surface area contributed by atoms with Crippen molar-refractivity contribution in [2.45, 2.75) is 30.5 Å². The van der Waals surface area contributed by atoms with Crippen LogP contribution in [0.15, 0.2) is 107 Å². The van der Waals surface area contributed by atoms with Crippen molar-refractivity contribution in [1.82, 2.24) is 9.55 Å². The van der Waals surface area contributed by atoms with E-state index in [9.17, 15) is 14.7 Å². The Morgan fingerprint density at radius 1 is 0.919 bits per heavy atom. The van der Waals surface area contributed by atoms with Gasteiger partial charge < -0.3 is 19.3 Å². The molecule has 37 heavy (non-hydrogen) atoms. The predicted molar refractivity (Wildman–Crippen MR) is 138 cm³/mol. The number of nitrogens with one attached hydrogen (secondary N) is 1. The predicted octanol–water partition coefficient (Wildman–Crippen LogP) is 3.20. The van der Waals surface area contributed by atoms with E-state index in [1.54, 1.807) is 7.11 Å². The maximum atomic E-state index is 12.3. The largest absolute Gasteiger partial charge is 0.497 e. The molecule has 2 heterocycles. The van der Waals surface area contributed by atoms with Gasteiger partial charge in [0, 0.05) is 18.7 Å². The van der Waals surface area contributed by atoms with Crippen LogP contribution in [0.5, 0.6) is 5.75 Å². The van der Waals surface area contributed by atoms with Gasteiger partial charge in [-0.25, -0.2) is 4.79 Å². The number of aromatic amines is 1. The fourth-order valence-electron chi connectivity index (χ4n) is 4.82. The van der Waals surface area contributed by atoms with E-state index in [0.717, 1.165) is 22.4 Å².